The van der Waals surface area contributed by atoms with E-state index in [-0.39, 0.29) is 5.02 Å². The van der Waals surface area contributed by atoms with E-state index >= 15 is 0 Å². The Morgan fingerprint density at radius 1 is 1.24 bits per heavy atom. The zero-order valence-electron chi connectivity index (χ0n) is 11.6. The van der Waals surface area contributed by atoms with Crippen molar-refractivity contribution in [3.8, 4) is 11.3 Å². The summed E-state index contributed by atoms with van der Waals surface area (Å²) in [6, 6.07) is 4.46. The van der Waals surface area contributed by atoms with Gasteiger partial charge in [-0.25, -0.2) is 14.1 Å². The molecule has 1 saturated carbocycles. The smallest absolute Gasteiger partial charge is 0.150 e. The Morgan fingerprint density at radius 2 is 1.95 bits per heavy atom. The van der Waals surface area contributed by atoms with E-state index in [1.54, 1.807) is 6.07 Å². The number of hydrogen-bond donors (Lipinski definition) is 2. The molecule has 1 aromatic carbocycles. The number of hydrogen-bond acceptors (Lipinski definition) is 3. The van der Waals surface area contributed by atoms with Crippen molar-refractivity contribution in [1.82, 2.24) is 9.66 Å². The largest absolute Gasteiger partial charge is 0.382 e. The Kier molecular flexibility index (Phi) is 3.76. The quantitative estimate of drug-likeness (QED) is 0.831. The number of benzene rings is 1. The number of rotatable bonds is 2. The highest BCUT2D eigenvalue weighted by molar-refractivity contribution is 6.31. The third kappa shape index (κ3) is 2.58. The molecule has 0 bridgehead atoms. The molecule has 0 radical (unpaired) electrons. The molecule has 112 valence electrons. The summed E-state index contributed by atoms with van der Waals surface area (Å²) in [5.74, 6) is 7.14. The average Bonchev–Trinajstić information content (AvgIpc) is 2.79. The van der Waals surface area contributed by atoms with Crippen LogP contribution in [0.1, 0.15) is 43.8 Å². The minimum atomic E-state index is -0.460. The van der Waals surface area contributed by atoms with E-state index in [0.29, 0.717) is 23.0 Å². The van der Waals surface area contributed by atoms with Crippen molar-refractivity contribution < 1.29 is 4.39 Å². The number of nitrogens with zero attached hydrogens (tertiary/aromatic N) is 2. The van der Waals surface area contributed by atoms with Gasteiger partial charge in [0, 0.05) is 11.5 Å². The highest BCUT2D eigenvalue weighted by atomic mass is 35.5. The van der Waals surface area contributed by atoms with E-state index in [1.807, 2.05) is 0 Å². The first kappa shape index (κ1) is 14.2. The van der Waals surface area contributed by atoms with Crippen LogP contribution in [0.25, 0.3) is 11.3 Å². The van der Waals surface area contributed by atoms with Gasteiger partial charge in [0.05, 0.1) is 5.02 Å². The van der Waals surface area contributed by atoms with Gasteiger partial charge in [0.2, 0.25) is 0 Å². The molecule has 21 heavy (non-hydrogen) atoms. The molecule has 1 aromatic heterocycles. The van der Waals surface area contributed by atoms with Gasteiger partial charge in [-0.15, -0.1) is 0 Å². The van der Waals surface area contributed by atoms with E-state index in [4.69, 9.17) is 23.2 Å². The highest BCUT2D eigenvalue weighted by Gasteiger charge is 2.24. The first-order chi connectivity index (χ1) is 10.1. The number of aromatic nitrogens is 2. The zero-order chi connectivity index (χ0) is 15.0. The van der Waals surface area contributed by atoms with Gasteiger partial charge >= 0.3 is 0 Å². The van der Waals surface area contributed by atoms with Gasteiger partial charge in [0.1, 0.15) is 17.3 Å². The van der Waals surface area contributed by atoms with Crippen molar-refractivity contribution in [2.24, 2.45) is 0 Å². The van der Waals surface area contributed by atoms with Crippen LogP contribution in [0.5, 0.6) is 0 Å². The molecule has 1 aliphatic carbocycles. The summed E-state index contributed by atoms with van der Waals surface area (Å²) in [5.41, 5.74) is 7.32. The van der Waals surface area contributed by atoms with Crippen LogP contribution >= 0.6 is 11.6 Å². The first-order valence-corrected chi connectivity index (χ1v) is 7.54. The van der Waals surface area contributed by atoms with Gasteiger partial charge in [-0.1, -0.05) is 30.9 Å². The van der Waals surface area contributed by atoms with Crippen molar-refractivity contribution in [2.45, 2.75) is 38.0 Å². The molecular formula is C15H18ClFN4. The third-order valence-corrected chi connectivity index (χ3v) is 4.43. The first-order valence-electron chi connectivity index (χ1n) is 7.16. The van der Waals surface area contributed by atoms with Crippen molar-refractivity contribution in [1.29, 1.82) is 0 Å². The summed E-state index contributed by atoms with van der Waals surface area (Å²) in [7, 11) is 0. The van der Waals surface area contributed by atoms with Crippen LogP contribution in [0.4, 0.5) is 10.2 Å². The van der Waals surface area contributed by atoms with E-state index in [9.17, 15) is 4.39 Å². The van der Waals surface area contributed by atoms with Crippen LogP contribution in [0.15, 0.2) is 18.2 Å². The maximum absolute atomic E-state index is 13.3. The summed E-state index contributed by atoms with van der Waals surface area (Å²) in [6.45, 7) is 0. The monoisotopic (exact) mass is 308 g/mol. The fraction of sp³-hybridized carbons (Fsp3) is 0.400. The summed E-state index contributed by atoms with van der Waals surface area (Å²) < 4.78 is 14.7. The molecule has 0 aliphatic heterocycles. The van der Waals surface area contributed by atoms with E-state index < -0.39 is 5.82 Å². The lowest BCUT2D eigenvalue weighted by Gasteiger charge is -2.20. The minimum absolute atomic E-state index is 0.0534. The number of imidazole rings is 1. The van der Waals surface area contributed by atoms with E-state index in [2.05, 4.69) is 4.98 Å². The van der Waals surface area contributed by atoms with Crippen molar-refractivity contribution in [2.75, 3.05) is 11.6 Å². The summed E-state index contributed by atoms with van der Waals surface area (Å²) >= 11 is 5.83. The van der Waals surface area contributed by atoms with E-state index in [1.165, 1.54) is 36.1 Å². The standard InChI is InChI=1S/C15H18ClFN4/c16-11-8-10(6-7-12(11)17)13-14(18)21(19)15(20-13)9-4-2-1-3-5-9/h6-9H,1-5,18-19H2. The predicted molar refractivity (Wildman–Crippen MR) is 83.0 cm³/mol. The Bertz CT molecular complexity index is 662. The second-order valence-electron chi connectivity index (χ2n) is 5.54. The van der Waals surface area contributed by atoms with Crippen molar-refractivity contribution >= 4 is 17.4 Å². The molecule has 2 aromatic rings. The molecular weight excluding hydrogens is 291 g/mol. The maximum Gasteiger partial charge on any atom is 0.150 e. The number of anilines is 1. The number of halogens is 2. The summed E-state index contributed by atoms with van der Waals surface area (Å²) in [5, 5.41) is 0.0534. The van der Waals surface area contributed by atoms with Crippen LogP contribution < -0.4 is 11.6 Å². The molecule has 0 unspecified atom stereocenters. The van der Waals surface area contributed by atoms with Gasteiger partial charge in [-0.3, -0.25) is 0 Å². The summed E-state index contributed by atoms with van der Waals surface area (Å²) in [4.78, 5) is 4.61. The van der Waals surface area contributed by atoms with Gasteiger partial charge in [-0.2, -0.15) is 0 Å². The maximum atomic E-state index is 13.3. The van der Waals surface area contributed by atoms with Gasteiger partial charge in [-0.05, 0) is 31.0 Å². The van der Waals surface area contributed by atoms with Crippen LogP contribution in [0.3, 0.4) is 0 Å². The molecule has 1 aliphatic rings. The molecule has 4 N–H and O–H groups in total. The molecule has 1 heterocycles. The fourth-order valence-electron chi connectivity index (χ4n) is 2.97. The van der Waals surface area contributed by atoms with Crippen LogP contribution in [0.2, 0.25) is 5.02 Å². The lowest BCUT2D eigenvalue weighted by molar-refractivity contribution is 0.424. The molecule has 0 amide bonds. The molecule has 3 rings (SSSR count). The Hall–Kier alpha value is -1.75. The predicted octanol–water partition coefficient (Wildman–Crippen LogP) is 3.69. The highest BCUT2D eigenvalue weighted by Crippen LogP contribution is 2.35. The minimum Gasteiger partial charge on any atom is -0.382 e. The van der Waals surface area contributed by atoms with Gasteiger partial charge in [0.15, 0.2) is 5.82 Å². The third-order valence-electron chi connectivity index (χ3n) is 4.14. The Labute approximate surface area is 127 Å². The molecule has 0 saturated heterocycles. The second-order valence-corrected chi connectivity index (χ2v) is 5.94. The van der Waals surface area contributed by atoms with Crippen LogP contribution in [-0.4, -0.2) is 9.66 Å². The van der Waals surface area contributed by atoms with Crippen molar-refractivity contribution in [3.63, 3.8) is 0 Å². The van der Waals surface area contributed by atoms with Crippen LogP contribution in [0, 0.1) is 5.82 Å². The zero-order valence-corrected chi connectivity index (χ0v) is 12.4. The molecule has 1 fully saturated rings. The van der Waals surface area contributed by atoms with Gasteiger partial charge < -0.3 is 11.6 Å². The van der Waals surface area contributed by atoms with E-state index in [0.717, 1.165) is 18.7 Å². The van der Waals surface area contributed by atoms with Crippen LogP contribution in [-0.2, 0) is 0 Å². The normalized spacial score (nSPS) is 16.3. The SMILES string of the molecule is Nc1c(-c2ccc(F)c(Cl)c2)nc(C2CCCCC2)n1N. The number of nitrogens with two attached hydrogens (primary N) is 2. The average molecular weight is 309 g/mol. The Balaban J connectivity index is 2.01. The molecule has 0 spiro atoms. The second kappa shape index (κ2) is 5.56. The number of nitrogen functional groups attached to an aromatic ring is 2. The summed E-state index contributed by atoms with van der Waals surface area (Å²) in [6.07, 6.45) is 5.80. The Morgan fingerprint density at radius 3 is 2.62 bits per heavy atom. The van der Waals surface area contributed by atoms with Crippen molar-refractivity contribution in [3.05, 3.63) is 34.9 Å². The topological polar surface area (TPSA) is 69.9 Å². The van der Waals surface area contributed by atoms with Gasteiger partial charge in [0.25, 0.3) is 0 Å². The molecule has 4 nitrogen and oxygen atoms in total. The fourth-order valence-corrected chi connectivity index (χ4v) is 3.15. The molecule has 0 atom stereocenters. The lowest BCUT2D eigenvalue weighted by Crippen LogP contribution is -2.19. The lowest BCUT2D eigenvalue weighted by atomic mass is 9.89. The molecule has 6 heteroatoms.